The van der Waals surface area contributed by atoms with Crippen LogP contribution in [-0.4, -0.2) is 40.1 Å². The molecule has 0 aromatic carbocycles. The Morgan fingerprint density at radius 1 is 1.05 bits per heavy atom. The van der Waals surface area contributed by atoms with Crippen LogP contribution in [0.15, 0.2) is 24.4 Å². The smallest absolute Gasteiger partial charge is 0.231 e. The van der Waals surface area contributed by atoms with Crippen molar-refractivity contribution in [1.82, 2.24) is 19.9 Å². The van der Waals surface area contributed by atoms with Crippen molar-refractivity contribution in [3.63, 3.8) is 0 Å². The minimum atomic E-state index is 0.543. The molecular formula is C14H21N7. The number of hydrogen-bond donors (Lipinski definition) is 2. The number of nitrogens with zero attached hydrogens (tertiary/aromatic N) is 5. The standard InChI is InChI=1S/C14H21N7/c1-4-21(5-2)14-19-12(15-3)18-13(20-14)17-10-11-8-6-7-9-16-11/h6-9H,4-5,10H2,1-3H3,(H2,15,17,18,19,20). The molecule has 2 aromatic heterocycles. The van der Waals surface area contributed by atoms with Crippen LogP contribution in [0.2, 0.25) is 0 Å². The van der Waals surface area contributed by atoms with Crippen molar-refractivity contribution in [3.8, 4) is 0 Å². The molecular weight excluding hydrogens is 266 g/mol. The van der Waals surface area contributed by atoms with E-state index >= 15 is 0 Å². The summed E-state index contributed by atoms with van der Waals surface area (Å²) in [7, 11) is 1.80. The normalized spacial score (nSPS) is 10.2. The van der Waals surface area contributed by atoms with Crippen LogP contribution < -0.4 is 15.5 Å². The van der Waals surface area contributed by atoms with Gasteiger partial charge in [-0.25, -0.2) is 0 Å². The quantitative estimate of drug-likeness (QED) is 0.803. The average Bonchev–Trinajstić information content (AvgIpc) is 2.55. The van der Waals surface area contributed by atoms with Gasteiger partial charge >= 0.3 is 0 Å². The first-order chi connectivity index (χ1) is 10.3. The Morgan fingerprint density at radius 2 is 1.81 bits per heavy atom. The number of anilines is 3. The van der Waals surface area contributed by atoms with Crippen molar-refractivity contribution in [1.29, 1.82) is 0 Å². The summed E-state index contributed by atoms with van der Waals surface area (Å²) in [5.74, 6) is 1.76. The van der Waals surface area contributed by atoms with E-state index < -0.39 is 0 Å². The summed E-state index contributed by atoms with van der Waals surface area (Å²) in [6, 6.07) is 5.81. The van der Waals surface area contributed by atoms with Crippen molar-refractivity contribution in [2.24, 2.45) is 0 Å². The highest BCUT2D eigenvalue weighted by Crippen LogP contribution is 2.13. The fourth-order valence-electron chi connectivity index (χ4n) is 1.88. The van der Waals surface area contributed by atoms with Crippen molar-refractivity contribution < 1.29 is 0 Å². The first kappa shape index (κ1) is 15.0. The van der Waals surface area contributed by atoms with Gasteiger partial charge in [-0.1, -0.05) is 6.07 Å². The van der Waals surface area contributed by atoms with Crippen LogP contribution in [0.3, 0.4) is 0 Å². The molecule has 0 radical (unpaired) electrons. The molecule has 7 nitrogen and oxygen atoms in total. The summed E-state index contributed by atoms with van der Waals surface area (Å²) in [5.41, 5.74) is 0.938. The number of rotatable bonds is 7. The lowest BCUT2D eigenvalue weighted by atomic mass is 10.3. The van der Waals surface area contributed by atoms with E-state index in [4.69, 9.17) is 0 Å². The maximum atomic E-state index is 4.46. The highest BCUT2D eigenvalue weighted by Gasteiger charge is 2.10. The van der Waals surface area contributed by atoms with Gasteiger partial charge in [-0.2, -0.15) is 15.0 Å². The lowest BCUT2D eigenvalue weighted by Crippen LogP contribution is -2.25. The predicted molar refractivity (Wildman–Crippen MR) is 84.5 cm³/mol. The summed E-state index contributed by atoms with van der Waals surface area (Å²) in [6.07, 6.45) is 1.77. The first-order valence-electron chi connectivity index (χ1n) is 7.09. The molecule has 0 bridgehead atoms. The zero-order chi connectivity index (χ0) is 15.1. The highest BCUT2D eigenvalue weighted by atomic mass is 15.3. The lowest BCUT2D eigenvalue weighted by Gasteiger charge is -2.19. The first-order valence-corrected chi connectivity index (χ1v) is 7.09. The number of nitrogens with one attached hydrogen (secondary N) is 2. The summed E-state index contributed by atoms with van der Waals surface area (Å²) in [4.78, 5) is 19.5. The Labute approximate surface area is 124 Å². The fraction of sp³-hybridized carbons (Fsp3) is 0.429. The zero-order valence-corrected chi connectivity index (χ0v) is 12.7. The molecule has 0 aliphatic carbocycles. The van der Waals surface area contributed by atoms with Gasteiger partial charge in [-0.15, -0.1) is 0 Å². The largest absolute Gasteiger partial charge is 0.357 e. The van der Waals surface area contributed by atoms with Gasteiger partial charge < -0.3 is 15.5 Å². The van der Waals surface area contributed by atoms with Crippen molar-refractivity contribution in [2.75, 3.05) is 35.7 Å². The SMILES string of the molecule is CCN(CC)c1nc(NC)nc(NCc2ccccn2)n1. The van der Waals surface area contributed by atoms with Crippen LogP contribution in [0, 0.1) is 0 Å². The molecule has 0 atom stereocenters. The summed E-state index contributed by atoms with van der Waals surface area (Å²) >= 11 is 0. The molecule has 0 saturated carbocycles. The minimum Gasteiger partial charge on any atom is -0.357 e. The Morgan fingerprint density at radius 3 is 2.43 bits per heavy atom. The second-order valence-corrected chi connectivity index (χ2v) is 4.38. The second-order valence-electron chi connectivity index (χ2n) is 4.38. The molecule has 0 saturated heterocycles. The average molecular weight is 287 g/mol. The van der Waals surface area contributed by atoms with Crippen LogP contribution in [0.4, 0.5) is 17.8 Å². The third-order valence-corrected chi connectivity index (χ3v) is 3.05. The lowest BCUT2D eigenvalue weighted by molar-refractivity contribution is 0.812. The van der Waals surface area contributed by atoms with E-state index in [1.54, 1.807) is 13.2 Å². The Bertz CT molecular complexity index is 555. The van der Waals surface area contributed by atoms with E-state index in [0.29, 0.717) is 24.4 Å². The van der Waals surface area contributed by atoms with E-state index in [-0.39, 0.29) is 0 Å². The third kappa shape index (κ3) is 4.01. The maximum Gasteiger partial charge on any atom is 0.231 e. The second kappa shape index (κ2) is 7.37. The molecule has 2 heterocycles. The molecule has 2 aromatic rings. The van der Waals surface area contributed by atoms with Crippen LogP contribution >= 0.6 is 0 Å². The predicted octanol–water partition coefficient (Wildman–Crippen LogP) is 1.77. The summed E-state index contributed by atoms with van der Waals surface area (Å²) in [6.45, 7) is 6.43. The van der Waals surface area contributed by atoms with Gasteiger partial charge in [0.15, 0.2) is 0 Å². The third-order valence-electron chi connectivity index (χ3n) is 3.05. The van der Waals surface area contributed by atoms with E-state index in [0.717, 1.165) is 18.8 Å². The van der Waals surface area contributed by atoms with Crippen molar-refractivity contribution in [2.45, 2.75) is 20.4 Å². The topological polar surface area (TPSA) is 78.9 Å². The van der Waals surface area contributed by atoms with E-state index in [9.17, 15) is 0 Å². The Balaban J connectivity index is 2.16. The van der Waals surface area contributed by atoms with Gasteiger partial charge in [0.2, 0.25) is 17.8 Å². The minimum absolute atomic E-state index is 0.543. The highest BCUT2D eigenvalue weighted by molar-refractivity contribution is 5.43. The molecule has 7 heteroatoms. The molecule has 0 fully saturated rings. The van der Waals surface area contributed by atoms with E-state index in [2.05, 4.69) is 49.3 Å². The number of hydrogen-bond acceptors (Lipinski definition) is 7. The molecule has 112 valence electrons. The molecule has 21 heavy (non-hydrogen) atoms. The monoisotopic (exact) mass is 287 g/mol. The van der Waals surface area contributed by atoms with Crippen LogP contribution in [0.25, 0.3) is 0 Å². The Kier molecular flexibility index (Phi) is 5.25. The van der Waals surface area contributed by atoms with Gasteiger partial charge in [0.05, 0.1) is 12.2 Å². The Hall–Kier alpha value is -2.44. The molecule has 0 spiro atoms. The van der Waals surface area contributed by atoms with Crippen molar-refractivity contribution in [3.05, 3.63) is 30.1 Å². The van der Waals surface area contributed by atoms with Crippen LogP contribution in [0.1, 0.15) is 19.5 Å². The fourth-order valence-corrected chi connectivity index (χ4v) is 1.88. The van der Waals surface area contributed by atoms with E-state index in [1.807, 2.05) is 18.2 Å². The summed E-state index contributed by atoms with van der Waals surface area (Å²) < 4.78 is 0. The number of pyridine rings is 1. The summed E-state index contributed by atoms with van der Waals surface area (Å²) in [5, 5.41) is 6.15. The van der Waals surface area contributed by atoms with Gasteiger partial charge in [-0.3, -0.25) is 4.98 Å². The molecule has 2 N–H and O–H groups in total. The molecule has 0 aliphatic rings. The van der Waals surface area contributed by atoms with Gasteiger partial charge in [-0.05, 0) is 26.0 Å². The maximum absolute atomic E-state index is 4.46. The van der Waals surface area contributed by atoms with Crippen LogP contribution in [-0.2, 0) is 6.54 Å². The molecule has 0 aliphatic heterocycles. The van der Waals surface area contributed by atoms with Crippen LogP contribution in [0.5, 0.6) is 0 Å². The van der Waals surface area contributed by atoms with Gasteiger partial charge in [0.1, 0.15) is 0 Å². The zero-order valence-electron chi connectivity index (χ0n) is 12.7. The van der Waals surface area contributed by atoms with Gasteiger partial charge in [0, 0.05) is 26.3 Å². The number of aromatic nitrogens is 4. The van der Waals surface area contributed by atoms with Gasteiger partial charge in [0.25, 0.3) is 0 Å². The molecule has 2 rings (SSSR count). The molecule has 0 amide bonds. The van der Waals surface area contributed by atoms with Crippen molar-refractivity contribution >= 4 is 17.8 Å². The molecule has 0 unspecified atom stereocenters. The van der Waals surface area contributed by atoms with E-state index in [1.165, 1.54) is 0 Å².